The maximum Gasteiger partial charge on any atom is 0.0701 e. The number of aliphatic hydroxyl groups is 1. The highest BCUT2D eigenvalue weighted by molar-refractivity contribution is 9.11. The molecule has 0 fully saturated rings. The molecule has 1 aromatic heterocycles. The Balaban J connectivity index is 2.33. The molecule has 2 nitrogen and oxygen atoms in total. The Kier molecular flexibility index (Phi) is 4.21. The Bertz CT molecular complexity index is 239. The molecule has 0 bridgehead atoms. The normalized spacial score (nSPS) is 13.2. The molecule has 12 heavy (non-hydrogen) atoms. The summed E-state index contributed by atoms with van der Waals surface area (Å²) in [6.07, 6.45) is 1.31. The molecular weight excluding hydrogens is 238 g/mol. The van der Waals surface area contributed by atoms with Crippen molar-refractivity contribution in [3.05, 3.63) is 20.8 Å². The van der Waals surface area contributed by atoms with Gasteiger partial charge in [0.05, 0.1) is 9.89 Å². The van der Waals surface area contributed by atoms with Crippen molar-refractivity contribution in [3.63, 3.8) is 0 Å². The van der Waals surface area contributed by atoms with E-state index in [-0.39, 0.29) is 6.10 Å². The fourth-order valence-electron chi connectivity index (χ4n) is 0.913. The lowest BCUT2D eigenvalue weighted by molar-refractivity contribution is 0.173. The topological polar surface area (TPSA) is 46.2 Å². The molecule has 0 radical (unpaired) electrons. The lowest BCUT2D eigenvalue weighted by atomic mass is 10.2. The molecule has 1 heterocycles. The fraction of sp³-hybridized carbons (Fsp3) is 0.500. The number of nitrogens with two attached hydrogens (primary N) is 1. The van der Waals surface area contributed by atoms with E-state index in [4.69, 9.17) is 5.73 Å². The molecule has 1 atom stereocenters. The van der Waals surface area contributed by atoms with Crippen LogP contribution in [0.4, 0.5) is 0 Å². The number of hydrogen-bond donors (Lipinski definition) is 2. The molecule has 4 heteroatoms. The fourth-order valence-corrected chi connectivity index (χ4v) is 2.41. The van der Waals surface area contributed by atoms with Crippen molar-refractivity contribution in [2.75, 3.05) is 6.54 Å². The molecule has 0 aromatic carbocycles. The summed E-state index contributed by atoms with van der Waals surface area (Å²) in [5, 5.41) is 9.19. The van der Waals surface area contributed by atoms with E-state index in [2.05, 4.69) is 22.0 Å². The van der Waals surface area contributed by atoms with Crippen molar-refractivity contribution < 1.29 is 5.11 Å². The van der Waals surface area contributed by atoms with Gasteiger partial charge in [-0.3, -0.25) is 0 Å². The van der Waals surface area contributed by atoms with E-state index in [0.717, 1.165) is 16.6 Å². The smallest absolute Gasteiger partial charge is 0.0701 e. The molecule has 0 spiro atoms. The summed E-state index contributed by atoms with van der Waals surface area (Å²) in [6, 6.07) is 4.09. The quantitative estimate of drug-likeness (QED) is 0.855. The van der Waals surface area contributed by atoms with Gasteiger partial charge in [0.2, 0.25) is 0 Å². The number of aryl methyl sites for hydroxylation is 1. The second-order valence-corrected chi connectivity index (χ2v) is 5.18. The van der Waals surface area contributed by atoms with Crippen molar-refractivity contribution in [1.29, 1.82) is 0 Å². The Morgan fingerprint density at radius 2 is 2.33 bits per heavy atom. The van der Waals surface area contributed by atoms with E-state index in [1.54, 1.807) is 11.3 Å². The van der Waals surface area contributed by atoms with E-state index in [1.807, 2.05) is 6.07 Å². The van der Waals surface area contributed by atoms with Crippen molar-refractivity contribution in [3.8, 4) is 0 Å². The molecule has 0 aliphatic rings. The highest BCUT2D eigenvalue weighted by Gasteiger charge is 2.03. The molecule has 0 aliphatic carbocycles. The molecule has 68 valence electrons. The summed E-state index contributed by atoms with van der Waals surface area (Å²) in [6.45, 7) is 0.354. The van der Waals surface area contributed by atoms with E-state index >= 15 is 0 Å². The van der Waals surface area contributed by atoms with Crippen LogP contribution in [0.25, 0.3) is 0 Å². The third kappa shape index (κ3) is 3.23. The van der Waals surface area contributed by atoms with Crippen LogP contribution in [0, 0.1) is 0 Å². The number of hydrogen-bond acceptors (Lipinski definition) is 3. The zero-order valence-electron chi connectivity index (χ0n) is 6.66. The summed E-state index contributed by atoms with van der Waals surface area (Å²) < 4.78 is 1.14. The third-order valence-corrected chi connectivity index (χ3v) is 3.31. The maximum absolute atomic E-state index is 9.19. The number of rotatable bonds is 4. The predicted octanol–water partition coefficient (Wildman–Crippen LogP) is 1.76. The largest absolute Gasteiger partial charge is 0.392 e. The Labute approximate surface area is 84.5 Å². The summed E-state index contributed by atoms with van der Waals surface area (Å²) in [5.41, 5.74) is 5.29. The maximum atomic E-state index is 9.19. The third-order valence-electron chi connectivity index (χ3n) is 1.62. The average molecular weight is 250 g/mol. The molecule has 0 saturated carbocycles. The van der Waals surface area contributed by atoms with Gasteiger partial charge in [0.1, 0.15) is 0 Å². The van der Waals surface area contributed by atoms with Crippen LogP contribution in [-0.4, -0.2) is 17.8 Å². The SMILES string of the molecule is NCC(O)CCc1ccc(Br)s1. The first kappa shape index (κ1) is 10.2. The van der Waals surface area contributed by atoms with E-state index in [1.165, 1.54) is 4.88 Å². The van der Waals surface area contributed by atoms with Crippen LogP contribution < -0.4 is 5.73 Å². The van der Waals surface area contributed by atoms with Crippen LogP contribution in [0.2, 0.25) is 0 Å². The highest BCUT2D eigenvalue weighted by Crippen LogP contribution is 2.23. The van der Waals surface area contributed by atoms with Gasteiger partial charge in [-0.15, -0.1) is 11.3 Å². The number of thiophene rings is 1. The van der Waals surface area contributed by atoms with Gasteiger partial charge in [-0.2, -0.15) is 0 Å². The highest BCUT2D eigenvalue weighted by atomic mass is 79.9. The summed E-state index contributed by atoms with van der Waals surface area (Å²) in [5.74, 6) is 0. The van der Waals surface area contributed by atoms with Crippen molar-refractivity contribution in [2.24, 2.45) is 5.73 Å². The zero-order chi connectivity index (χ0) is 8.97. The zero-order valence-corrected chi connectivity index (χ0v) is 9.07. The molecule has 3 N–H and O–H groups in total. The number of halogens is 1. The summed E-state index contributed by atoms with van der Waals surface area (Å²) in [7, 11) is 0. The molecular formula is C8H12BrNOS. The van der Waals surface area contributed by atoms with Crippen LogP contribution in [0.3, 0.4) is 0 Å². The molecule has 0 amide bonds. The van der Waals surface area contributed by atoms with E-state index in [9.17, 15) is 5.11 Å². The lowest BCUT2D eigenvalue weighted by Crippen LogP contribution is -2.19. The molecule has 1 unspecified atom stereocenters. The molecule has 0 aliphatic heterocycles. The van der Waals surface area contributed by atoms with Gasteiger partial charge in [0.25, 0.3) is 0 Å². The second-order valence-electron chi connectivity index (χ2n) is 2.63. The molecule has 0 saturated heterocycles. The summed E-state index contributed by atoms with van der Waals surface area (Å²) in [4.78, 5) is 1.29. The van der Waals surface area contributed by atoms with Crippen LogP contribution in [0.15, 0.2) is 15.9 Å². The summed E-state index contributed by atoms with van der Waals surface area (Å²) >= 11 is 5.09. The van der Waals surface area contributed by atoms with Crippen LogP contribution in [0.5, 0.6) is 0 Å². The first-order chi connectivity index (χ1) is 5.72. The number of aliphatic hydroxyl groups excluding tert-OH is 1. The Morgan fingerprint density at radius 1 is 1.58 bits per heavy atom. The van der Waals surface area contributed by atoms with Gasteiger partial charge in [-0.1, -0.05) is 0 Å². The van der Waals surface area contributed by atoms with Gasteiger partial charge in [0.15, 0.2) is 0 Å². The lowest BCUT2D eigenvalue weighted by Gasteiger charge is -2.04. The first-order valence-corrected chi connectivity index (χ1v) is 5.45. The first-order valence-electron chi connectivity index (χ1n) is 3.84. The van der Waals surface area contributed by atoms with Gasteiger partial charge in [-0.25, -0.2) is 0 Å². The van der Waals surface area contributed by atoms with Crippen LogP contribution in [-0.2, 0) is 6.42 Å². The van der Waals surface area contributed by atoms with Gasteiger partial charge in [-0.05, 0) is 40.9 Å². The standard InChI is InChI=1S/C8H12BrNOS/c9-8-4-3-7(12-8)2-1-6(11)5-10/h3-4,6,11H,1-2,5,10H2. The Morgan fingerprint density at radius 3 is 2.83 bits per heavy atom. The molecule has 1 aromatic rings. The van der Waals surface area contributed by atoms with Gasteiger partial charge < -0.3 is 10.8 Å². The van der Waals surface area contributed by atoms with Crippen molar-refractivity contribution in [2.45, 2.75) is 18.9 Å². The minimum atomic E-state index is -0.356. The Hall–Kier alpha value is 0.1000. The van der Waals surface area contributed by atoms with Crippen LogP contribution in [0.1, 0.15) is 11.3 Å². The monoisotopic (exact) mass is 249 g/mol. The van der Waals surface area contributed by atoms with Crippen molar-refractivity contribution in [1.82, 2.24) is 0 Å². The second kappa shape index (κ2) is 4.97. The van der Waals surface area contributed by atoms with Gasteiger partial charge >= 0.3 is 0 Å². The minimum Gasteiger partial charge on any atom is -0.392 e. The van der Waals surface area contributed by atoms with E-state index < -0.39 is 0 Å². The minimum absolute atomic E-state index is 0.354. The van der Waals surface area contributed by atoms with Gasteiger partial charge in [0, 0.05) is 11.4 Å². The predicted molar refractivity (Wildman–Crippen MR) is 55.4 cm³/mol. The van der Waals surface area contributed by atoms with Crippen LogP contribution >= 0.6 is 27.3 Å². The molecule has 1 rings (SSSR count). The van der Waals surface area contributed by atoms with E-state index in [0.29, 0.717) is 6.54 Å². The average Bonchev–Trinajstić information content (AvgIpc) is 2.47. The van der Waals surface area contributed by atoms with Crippen molar-refractivity contribution >= 4 is 27.3 Å².